The second kappa shape index (κ2) is 6.60. The lowest BCUT2D eigenvalue weighted by molar-refractivity contribution is -0.143. The van der Waals surface area contributed by atoms with Gasteiger partial charge in [0.05, 0.1) is 6.42 Å². The number of carbonyl (C=O) groups is 2. The Morgan fingerprint density at radius 1 is 1.35 bits per heavy atom. The van der Waals surface area contributed by atoms with Crippen LogP contribution < -0.4 is 10.1 Å². The molecule has 5 heteroatoms. The molecule has 1 amide bonds. The van der Waals surface area contributed by atoms with E-state index in [-0.39, 0.29) is 23.8 Å². The van der Waals surface area contributed by atoms with Crippen LogP contribution in [0.1, 0.15) is 45.2 Å². The van der Waals surface area contributed by atoms with E-state index in [0.29, 0.717) is 0 Å². The van der Waals surface area contributed by atoms with Crippen LogP contribution in [0, 0.1) is 5.92 Å². The molecular formula is C18H25NO4. The van der Waals surface area contributed by atoms with Gasteiger partial charge >= 0.3 is 5.97 Å². The molecule has 1 aromatic rings. The van der Waals surface area contributed by atoms with Gasteiger partial charge in [0, 0.05) is 0 Å². The summed E-state index contributed by atoms with van der Waals surface area (Å²) in [6.07, 6.45) is 2.03. The van der Waals surface area contributed by atoms with Crippen molar-refractivity contribution in [2.24, 2.45) is 5.92 Å². The van der Waals surface area contributed by atoms with Crippen LogP contribution in [0.25, 0.3) is 0 Å². The molecule has 1 heterocycles. The van der Waals surface area contributed by atoms with Crippen molar-refractivity contribution >= 4 is 11.9 Å². The molecule has 23 heavy (non-hydrogen) atoms. The first-order chi connectivity index (χ1) is 10.7. The third kappa shape index (κ3) is 4.47. The molecule has 0 spiro atoms. The maximum atomic E-state index is 12.1. The Morgan fingerprint density at radius 3 is 2.65 bits per heavy atom. The molecule has 126 valence electrons. The highest BCUT2D eigenvalue weighted by atomic mass is 16.5. The molecule has 0 radical (unpaired) electrons. The molecule has 1 aliphatic heterocycles. The molecule has 0 fully saturated rings. The van der Waals surface area contributed by atoms with Crippen molar-refractivity contribution < 1.29 is 19.4 Å². The van der Waals surface area contributed by atoms with Crippen molar-refractivity contribution in [3.63, 3.8) is 0 Å². The molecule has 5 nitrogen and oxygen atoms in total. The molecule has 0 saturated heterocycles. The van der Waals surface area contributed by atoms with E-state index >= 15 is 0 Å². The molecule has 2 N–H and O–H groups in total. The van der Waals surface area contributed by atoms with Crippen molar-refractivity contribution in [1.29, 1.82) is 0 Å². The first-order valence-electron chi connectivity index (χ1n) is 8.01. The van der Waals surface area contributed by atoms with Gasteiger partial charge in [-0.05, 0) is 49.8 Å². The number of carboxylic acid groups (broad SMARTS) is 1. The summed E-state index contributed by atoms with van der Waals surface area (Å²) in [7, 11) is 0. The second-order valence-electron chi connectivity index (χ2n) is 7.11. The number of aliphatic carboxylic acids is 1. The number of amides is 1. The van der Waals surface area contributed by atoms with Crippen LogP contribution in [0.3, 0.4) is 0 Å². The van der Waals surface area contributed by atoms with Gasteiger partial charge in [-0.25, -0.2) is 4.79 Å². The third-order valence-corrected chi connectivity index (χ3v) is 4.12. The van der Waals surface area contributed by atoms with Crippen LogP contribution in [0.5, 0.6) is 5.75 Å². The number of carboxylic acids is 1. The van der Waals surface area contributed by atoms with E-state index in [1.807, 2.05) is 18.2 Å². The minimum absolute atomic E-state index is 0.155. The Morgan fingerprint density at radius 2 is 2.04 bits per heavy atom. The first kappa shape index (κ1) is 17.3. The highest BCUT2D eigenvalue weighted by Crippen LogP contribution is 2.33. The van der Waals surface area contributed by atoms with Gasteiger partial charge in [-0.3, -0.25) is 4.79 Å². The van der Waals surface area contributed by atoms with Gasteiger partial charge in [-0.2, -0.15) is 0 Å². The lowest BCUT2D eigenvalue weighted by Crippen LogP contribution is -2.44. The molecule has 0 bridgehead atoms. The molecular weight excluding hydrogens is 294 g/mol. The molecule has 0 aliphatic carbocycles. The zero-order chi connectivity index (χ0) is 17.2. The Labute approximate surface area is 137 Å². The molecule has 0 aromatic heterocycles. The standard InChI is InChI=1S/C18H25NO4/c1-11(2)16(17(21)22)19-15(20)10-12-5-6-14-13(9-12)7-8-18(3,4)23-14/h5-6,9,11,16H,7-8,10H2,1-4H3,(H,19,20)(H,21,22). The largest absolute Gasteiger partial charge is 0.488 e. The quantitative estimate of drug-likeness (QED) is 0.874. The van der Waals surface area contributed by atoms with Crippen LogP contribution in [0.15, 0.2) is 18.2 Å². The lowest BCUT2D eigenvalue weighted by atomic mass is 9.93. The predicted molar refractivity (Wildman–Crippen MR) is 87.6 cm³/mol. The molecule has 1 aliphatic rings. The van der Waals surface area contributed by atoms with Crippen LogP contribution in [-0.4, -0.2) is 28.6 Å². The zero-order valence-corrected chi connectivity index (χ0v) is 14.2. The van der Waals surface area contributed by atoms with Gasteiger partial charge in [-0.15, -0.1) is 0 Å². The topological polar surface area (TPSA) is 75.6 Å². The van der Waals surface area contributed by atoms with Crippen LogP contribution >= 0.6 is 0 Å². The highest BCUT2D eigenvalue weighted by molar-refractivity contribution is 5.85. The van der Waals surface area contributed by atoms with Crippen molar-refractivity contribution in [2.75, 3.05) is 0 Å². The number of nitrogens with one attached hydrogen (secondary N) is 1. The number of carbonyl (C=O) groups excluding carboxylic acids is 1. The van der Waals surface area contributed by atoms with Gasteiger partial charge in [-0.1, -0.05) is 26.0 Å². The number of rotatable bonds is 5. The van der Waals surface area contributed by atoms with E-state index in [1.165, 1.54) is 0 Å². The third-order valence-electron chi connectivity index (χ3n) is 4.12. The fourth-order valence-electron chi connectivity index (χ4n) is 2.75. The summed E-state index contributed by atoms with van der Waals surface area (Å²) in [6, 6.07) is 4.89. The van der Waals surface area contributed by atoms with Crippen molar-refractivity contribution in [3.05, 3.63) is 29.3 Å². The zero-order valence-electron chi connectivity index (χ0n) is 14.2. The first-order valence-corrected chi connectivity index (χ1v) is 8.01. The summed E-state index contributed by atoms with van der Waals surface area (Å²) in [6.45, 7) is 7.68. The van der Waals surface area contributed by atoms with Crippen molar-refractivity contribution in [1.82, 2.24) is 5.32 Å². The van der Waals surface area contributed by atoms with Crippen LogP contribution in [0.2, 0.25) is 0 Å². The molecule has 1 unspecified atom stereocenters. The second-order valence-corrected chi connectivity index (χ2v) is 7.11. The minimum atomic E-state index is -1.01. The summed E-state index contributed by atoms with van der Waals surface area (Å²) >= 11 is 0. The van der Waals surface area contributed by atoms with E-state index in [1.54, 1.807) is 13.8 Å². The lowest BCUT2D eigenvalue weighted by Gasteiger charge is -2.32. The average Bonchev–Trinajstić information content (AvgIpc) is 2.43. The summed E-state index contributed by atoms with van der Waals surface area (Å²) < 4.78 is 5.93. The minimum Gasteiger partial charge on any atom is -0.488 e. The number of hydrogen-bond donors (Lipinski definition) is 2. The fourth-order valence-corrected chi connectivity index (χ4v) is 2.75. The summed E-state index contributed by atoms with van der Waals surface area (Å²) in [5, 5.41) is 11.7. The van der Waals surface area contributed by atoms with Gasteiger partial charge in [0.15, 0.2) is 0 Å². The predicted octanol–water partition coefficient (Wildman–Crippen LogP) is 2.56. The van der Waals surface area contributed by atoms with Crippen LogP contribution in [-0.2, 0) is 22.4 Å². The van der Waals surface area contributed by atoms with Gasteiger partial charge < -0.3 is 15.2 Å². The monoisotopic (exact) mass is 319 g/mol. The maximum absolute atomic E-state index is 12.1. The Hall–Kier alpha value is -2.04. The number of aryl methyl sites for hydroxylation is 1. The average molecular weight is 319 g/mol. The normalized spacial score (nSPS) is 17.1. The van der Waals surface area contributed by atoms with Crippen molar-refractivity contribution in [3.8, 4) is 5.75 Å². The van der Waals surface area contributed by atoms with Crippen LogP contribution in [0.4, 0.5) is 0 Å². The van der Waals surface area contributed by atoms with E-state index in [0.717, 1.165) is 29.7 Å². The SMILES string of the molecule is CC(C)C(NC(=O)Cc1ccc2c(c1)CCC(C)(C)O2)C(=O)O. The molecule has 0 saturated carbocycles. The number of ether oxygens (including phenoxy) is 1. The summed E-state index contributed by atoms with van der Waals surface area (Å²) in [5.41, 5.74) is 1.82. The molecule has 1 atom stereocenters. The van der Waals surface area contributed by atoms with Gasteiger partial charge in [0.2, 0.25) is 5.91 Å². The Balaban J connectivity index is 2.04. The van der Waals surface area contributed by atoms with E-state index < -0.39 is 12.0 Å². The van der Waals surface area contributed by atoms with Gasteiger partial charge in [0.25, 0.3) is 0 Å². The van der Waals surface area contributed by atoms with Gasteiger partial charge in [0.1, 0.15) is 17.4 Å². The van der Waals surface area contributed by atoms with Crippen molar-refractivity contribution in [2.45, 2.75) is 58.6 Å². The highest BCUT2D eigenvalue weighted by Gasteiger charge is 2.27. The number of hydrogen-bond acceptors (Lipinski definition) is 3. The smallest absolute Gasteiger partial charge is 0.326 e. The summed E-state index contributed by atoms with van der Waals surface area (Å²) in [5.74, 6) is -0.566. The fraction of sp³-hybridized carbons (Fsp3) is 0.556. The van der Waals surface area contributed by atoms with E-state index in [4.69, 9.17) is 9.84 Å². The summed E-state index contributed by atoms with van der Waals surface area (Å²) in [4.78, 5) is 23.2. The number of benzene rings is 1. The molecule has 1 aromatic carbocycles. The molecule has 2 rings (SSSR count). The Bertz CT molecular complexity index is 607. The number of fused-ring (bicyclic) bond motifs is 1. The Kier molecular flexibility index (Phi) is 4.97. The van der Waals surface area contributed by atoms with E-state index in [9.17, 15) is 9.59 Å². The van der Waals surface area contributed by atoms with E-state index in [2.05, 4.69) is 19.2 Å². The maximum Gasteiger partial charge on any atom is 0.326 e.